The predicted octanol–water partition coefficient (Wildman–Crippen LogP) is -1.47. The van der Waals surface area contributed by atoms with E-state index in [0.717, 1.165) is 26.1 Å². The molecule has 1 heterocycles. The summed E-state index contributed by atoms with van der Waals surface area (Å²) in [6.45, 7) is 3.21. The summed E-state index contributed by atoms with van der Waals surface area (Å²) in [5, 5.41) is 8.48. The van der Waals surface area contributed by atoms with Gasteiger partial charge in [0.1, 0.15) is 6.04 Å². The van der Waals surface area contributed by atoms with Gasteiger partial charge in [-0.05, 0) is 13.0 Å². The van der Waals surface area contributed by atoms with Gasteiger partial charge in [-0.1, -0.05) is 0 Å². The molecule has 0 aliphatic carbocycles. The second-order valence-electron chi connectivity index (χ2n) is 4.15. The normalized spacial score (nSPS) is 20.9. The maximum absolute atomic E-state index is 11.7. The van der Waals surface area contributed by atoms with Crippen LogP contribution in [-0.4, -0.2) is 63.0 Å². The molecule has 0 bridgehead atoms. The minimum absolute atomic E-state index is 0.0390. The van der Waals surface area contributed by atoms with Gasteiger partial charge < -0.3 is 16.0 Å². The molecule has 1 aliphatic rings. The number of likely N-dealkylation sites (N-methyl/N-ethyl adjacent to an activating group) is 1. The Kier molecular flexibility index (Phi) is 5.93. The van der Waals surface area contributed by atoms with Gasteiger partial charge in [-0.25, -0.2) is 0 Å². The average Bonchev–Trinajstić information content (AvgIpc) is 2.38. The van der Waals surface area contributed by atoms with Crippen molar-refractivity contribution >= 4 is 11.8 Å². The van der Waals surface area contributed by atoms with Crippen LogP contribution in [0.15, 0.2) is 0 Å². The summed E-state index contributed by atoms with van der Waals surface area (Å²) in [5.74, 6) is 0.0915. The van der Waals surface area contributed by atoms with Crippen molar-refractivity contribution in [3.05, 3.63) is 0 Å². The lowest BCUT2D eigenvalue weighted by Gasteiger charge is -2.34. The summed E-state index contributed by atoms with van der Waals surface area (Å²) in [6.07, 6.45) is 1.30. The molecular formula is C11H22N4O2. The maximum atomic E-state index is 11.7. The van der Waals surface area contributed by atoms with Crippen LogP contribution in [0.4, 0.5) is 0 Å². The minimum Gasteiger partial charge on any atom is -0.359 e. The van der Waals surface area contributed by atoms with E-state index < -0.39 is 0 Å². The zero-order valence-electron chi connectivity index (χ0n) is 10.6. The van der Waals surface area contributed by atoms with E-state index in [1.165, 1.54) is 0 Å². The fourth-order valence-electron chi connectivity index (χ4n) is 2.01. The third-order valence-corrected chi connectivity index (χ3v) is 3.03. The van der Waals surface area contributed by atoms with Gasteiger partial charge in [0.2, 0.25) is 11.8 Å². The van der Waals surface area contributed by atoms with Crippen molar-refractivity contribution in [2.45, 2.75) is 18.9 Å². The molecule has 0 radical (unpaired) electrons. The molecule has 3 N–H and O–H groups in total. The first-order valence-electron chi connectivity index (χ1n) is 6.06. The van der Waals surface area contributed by atoms with Gasteiger partial charge in [0.25, 0.3) is 0 Å². The van der Waals surface area contributed by atoms with Gasteiger partial charge in [-0.15, -0.1) is 0 Å². The zero-order chi connectivity index (χ0) is 12.7. The molecule has 1 saturated heterocycles. The topological polar surface area (TPSA) is 73.5 Å². The molecule has 17 heavy (non-hydrogen) atoms. The highest BCUT2D eigenvalue weighted by atomic mass is 16.2. The highest BCUT2D eigenvalue weighted by molar-refractivity contribution is 5.81. The largest absolute Gasteiger partial charge is 0.359 e. The lowest BCUT2D eigenvalue weighted by atomic mass is 10.1. The van der Waals surface area contributed by atoms with Crippen molar-refractivity contribution in [3.8, 4) is 0 Å². The van der Waals surface area contributed by atoms with E-state index in [9.17, 15) is 9.59 Å². The molecule has 0 spiro atoms. The van der Waals surface area contributed by atoms with Crippen LogP contribution in [0.2, 0.25) is 0 Å². The van der Waals surface area contributed by atoms with Crippen LogP contribution in [0.25, 0.3) is 0 Å². The van der Waals surface area contributed by atoms with Crippen LogP contribution in [0.3, 0.4) is 0 Å². The standard InChI is InChI=1S/C11H22N4O2/c1-12-10(16)4-3-6-15-7-5-14-8-9(15)11(17)13-2/h9,14H,3-8H2,1-2H3,(H,12,16)(H,13,17). The number of carbonyl (C=O) groups excluding carboxylic acids is 2. The first-order valence-corrected chi connectivity index (χ1v) is 6.06. The SMILES string of the molecule is CNC(=O)CCCN1CCNCC1C(=O)NC. The van der Waals surface area contributed by atoms with Crippen LogP contribution in [0.5, 0.6) is 0 Å². The Balaban J connectivity index is 2.37. The Bertz CT molecular complexity index is 270. The molecule has 98 valence electrons. The summed E-state index contributed by atoms with van der Waals surface area (Å²) in [6, 6.07) is -0.113. The third-order valence-electron chi connectivity index (χ3n) is 3.03. The molecule has 0 aromatic heterocycles. The van der Waals surface area contributed by atoms with Crippen molar-refractivity contribution < 1.29 is 9.59 Å². The van der Waals surface area contributed by atoms with Crippen LogP contribution in [-0.2, 0) is 9.59 Å². The summed E-state index contributed by atoms with van der Waals surface area (Å²) >= 11 is 0. The minimum atomic E-state index is -0.113. The Morgan fingerprint density at radius 1 is 1.35 bits per heavy atom. The fraction of sp³-hybridized carbons (Fsp3) is 0.818. The summed E-state index contributed by atoms with van der Waals surface area (Å²) < 4.78 is 0. The molecule has 6 nitrogen and oxygen atoms in total. The second-order valence-corrected chi connectivity index (χ2v) is 4.15. The van der Waals surface area contributed by atoms with E-state index >= 15 is 0 Å². The van der Waals surface area contributed by atoms with Gasteiger partial charge in [0.05, 0.1) is 0 Å². The Labute approximate surface area is 102 Å². The number of piperazine rings is 1. The lowest BCUT2D eigenvalue weighted by molar-refractivity contribution is -0.126. The molecule has 0 saturated carbocycles. The molecule has 1 rings (SSSR count). The van der Waals surface area contributed by atoms with Crippen LogP contribution >= 0.6 is 0 Å². The Morgan fingerprint density at radius 3 is 2.76 bits per heavy atom. The summed E-state index contributed by atoms with van der Waals surface area (Å²) in [5.41, 5.74) is 0. The highest BCUT2D eigenvalue weighted by Gasteiger charge is 2.27. The van der Waals surface area contributed by atoms with Gasteiger partial charge in [0.15, 0.2) is 0 Å². The first-order chi connectivity index (χ1) is 8.19. The monoisotopic (exact) mass is 242 g/mol. The Morgan fingerprint density at radius 2 is 2.12 bits per heavy atom. The number of amides is 2. The number of nitrogens with one attached hydrogen (secondary N) is 3. The van der Waals surface area contributed by atoms with Crippen molar-refractivity contribution in [2.24, 2.45) is 0 Å². The van der Waals surface area contributed by atoms with Crippen molar-refractivity contribution in [1.82, 2.24) is 20.9 Å². The number of hydrogen-bond donors (Lipinski definition) is 3. The fourth-order valence-corrected chi connectivity index (χ4v) is 2.01. The molecule has 0 aromatic carbocycles. The van der Waals surface area contributed by atoms with Crippen molar-refractivity contribution in [1.29, 1.82) is 0 Å². The van der Waals surface area contributed by atoms with Gasteiger partial charge in [-0.2, -0.15) is 0 Å². The molecule has 0 aromatic rings. The van der Waals surface area contributed by atoms with Crippen molar-refractivity contribution in [2.75, 3.05) is 40.3 Å². The van der Waals surface area contributed by atoms with E-state index in [-0.39, 0.29) is 17.9 Å². The zero-order valence-corrected chi connectivity index (χ0v) is 10.6. The lowest BCUT2D eigenvalue weighted by Crippen LogP contribution is -2.57. The number of nitrogens with zero attached hydrogens (tertiary/aromatic N) is 1. The molecule has 1 fully saturated rings. The van der Waals surface area contributed by atoms with Gasteiger partial charge in [-0.3, -0.25) is 14.5 Å². The summed E-state index contributed by atoms with van der Waals surface area (Å²) in [7, 11) is 3.29. The number of rotatable bonds is 5. The van der Waals surface area contributed by atoms with Crippen molar-refractivity contribution in [3.63, 3.8) is 0 Å². The Hall–Kier alpha value is -1.14. The van der Waals surface area contributed by atoms with E-state index in [4.69, 9.17) is 0 Å². The number of hydrogen-bond acceptors (Lipinski definition) is 4. The highest BCUT2D eigenvalue weighted by Crippen LogP contribution is 2.05. The van der Waals surface area contributed by atoms with E-state index in [2.05, 4.69) is 20.9 Å². The molecule has 2 amide bonds. The quantitative estimate of drug-likeness (QED) is 0.550. The van der Waals surface area contributed by atoms with E-state index in [1.54, 1.807) is 14.1 Å². The first kappa shape index (κ1) is 13.9. The molecule has 6 heteroatoms. The molecule has 1 unspecified atom stereocenters. The molecule has 1 atom stereocenters. The summed E-state index contributed by atoms with van der Waals surface area (Å²) in [4.78, 5) is 24.9. The maximum Gasteiger partial charge on any atom is 0.238 e. The third kappa shape index (κ3) is 4.32. The second kappa shape index (κ2) is 7.24. The van der Waals surface area contributed by atoms with Crippen LogP contribution in [0.1, 0.15) is 12.8 Å². The number of carbonyl (C=O) groups is 2. The predicted molar refractivity (Wildman–Crippen MR) is 65.6 cm³/mol. The smallest absolute Gasteiger partial charge is 0.238 e. The van der Waals surface area contributed by atoms with Crippen LogP contribution < -0.4 is 16.0 Å². The average molecular weight is 242 g/mol. The van der Waals surface area contributed by atoms with E-state index in [0.29, 0.717) is 13.0 Å². The molecule has 1 aliphatic heterocycles. The molecular weight excluding hydrogens is 220 g/mol. The van der Waals surface area contributed by atoms with E-state index in [1.807, 2.05) is 0 Å². The van der Waals surface area contributed by atoms with Crippen LogP contribution in [0, 0.1) is 0 Å². The van der Waals surface area contributed by atoms with Gasteiger partial charge >= 0.3 is 0 Å². The van der Waals surface area contributed by atoms with Gasteiger partial charge in [0, 0.05) is 40.2 Å².